The highest BCUT2D eigenvalue weighted by Crippen LogP contribution is 2.46. The lowest BCUT2D eigenvalue weighted by molar-refractivity contribution is 1.02. The molecule has 0 aliphatic heterocycles. The molecule has 0 unspecified atom stereocenters. The van der Waals surface area contributed by atoms with E-state index >= 15 is 0 Å². The van der Waals surface area contributed by atoms with Gasteiger partial charge >= 0.3 is 0 Å². The standard InChI is InChI=1S/C58H36N4/c1-3-17-37(18-4-1)38-31-33-40(34-32-38)61-53-30-16-13-27-47(53)55-44-24-9-7-21-41(44)49(36-54(55)61)48-35-50-43-23-12-15-29-52(43)62(57(50)45-25-10-8-22-42(45)48)58-59-51-28-14-11-26-46(51)56(60-58)39-19-5-2-6-20-39/h1-36H. The van der Waals surface area contributed by atoms with Gasteiger partial charge in [0, 0.05) is 43.6 Å². The van der Waals surface area contributed by atoms with Gasteiger partial charge in [-0.3, -0.25) is 4.57 Å². The summed E-state index contributed by atoms with van der Waals surface area (Å²) in [4.78, 5) is 10.7. The van der Waals surface area contributed by atoms with Crippen LogP contribution in [-0.4, -0.2) is 19.1 Å². The minimum Gasteiger partial charge on any atom is -0.309 e. The average molecular weight is 789 g/mol. The van der Waals surface area contributed by atoms with Gasteiger partial charge in [0.15, 0.2) is 0 Å². The smallest absolute Gasteiger partial charge is 0.235 e. The normalized spacial score (nSPS) is 11.9. The van der Waals surface area contributed by atoms with E-state index in [1.807, 2.05) is 6.07 Å². The molecule has 13 aromatic rings. The highest BCUT2D eigenvalue weighted by molar-refractivity contribution is 6.27. The summed E-state index contributed by atoms with van der Waals surface area (Å²) in [7, 11) is 0. The van der Waals surface area contributed by atoms with Crippen LogP contribution in [0.3, 0.4) is 0 Å². The van der Waals surface area contributed by atoms with Crippen LogP contribution in [-0.2, 0) is 0 Å². The van der Waals surface area contributed by atoms with Crippen LogP contribution in [0.15, 0.2) is 218 Å². The van der Waals surface area contributed by atoms with Gasteiger partial charge in [0.1, 0.15) is 0 Å². The summed E-state index contributed by atoms with van der Waals surface area (Å²) >= 11 is 0. The van der Waals surface area contributed by atoms with Crippen molar-refractivity contribution in [2.75, 3.05) is 0 Å². The molecule has 0 aliphatic rings. The largest absolute Gasteiger partial charge is 0.309 e. The predicted octanol–water partition coefficient (Wildman–Crippen LogP) is 15.1. The van der Waals surface area contributed by atoms with Crippen molar-refractivity contribution in [3.8, 4) is 45.1 Å². The summed E-state index contributed by atoms with van der Waals surface area (Å²) in [5, 5.41) is 10.6. The van der Waals surface area contributed by atoms with Crippen molar-refractivity contribution in [2.45, 2.75) is 0 Å². The van der Waals surface area contributed by atoms with E-state index in [1.165, 1.54) is 60.2 Å². The first-order valence-corrected chi connectivity index (χ1v) is 21.2. The maximum atomic E-state index is 5.41. The summed E-state index contributed by atoms with van der Waals surface area (Å²) in [6.45, 7) is 0. The highest BCUT2D eigenvalue weighted by Gasteiger charge is 2.23. The Hall–Kier alpha value is -8.34. The highest BCUT2D eigenvalue weighted by atomic mass is 15.2. The Balaban J connectivity index is 1.11. The first-order valence-electron chi connectivity index (χ1n) is 21.2. The molecule has 4 nitrogen and oxygen atoms in total. The van der Waals surface area contributed by atoms with Gasteiger partial charge < -0.3 is 4.57 Å². The average Bonchev–Trinajstić information content (AvgIpc) is 3.87. The van der Waals surface area contributed by atoms with Crippen molar-refractivity contribution in [1.82, 2.24) is 19.1 Å². The number of hydrogen-bond acceptors (Lipinski definition) is 2. The van der Waals surface area contributed by atoms with Gasteiger partial charge in [-0.25, -0.2) is 9.97 Å². The first-order chi connectivity index (χ1) is 30.8. The molecule has 0 saturated carbocycles. The van der Waals surface area contributed by atoms with Crippen molar-refractivity contribution >= 4 is 76.1 Å². The van der Waals surface area contributed by atoms with Crippen LogP contribution in [0.25, 0.3) is 121 Å². The van der Waals surface area contributed by atoms with E-state index in [-0.39, 0.29) is 0 Å². The van der Waals surface area contributed by atoms with Crippen molar-refractivity contribution in [3.63, 3.8) is 0 Å². The topological polar surface area (TPSA) is 35.6 Å². The molecular formula is C58H36N4. The molecular weight excluding hydrogens is 753 g/mol. The number of nitrogens with zero attached hydrogens (tertiary/aromatic N) is 4. The Bertz CT molecular complexity index is 3900. The number of para-hydroxylation sites is 3. The van der Waals surface area contributed by atoms with Crippen LogP contribution in [0.2, 0.25) is 0 Å². The second-order valence-electron chi connectivity index (χ2n) is 16.1. The molecule has 0 atom stereocenters. The Kier molecular flexibility index (Phi) is 7.57. The van der Waals surface area contributed by atoms with Crippen molar-refractivity contribution in [1.29, 1.82) is 0 Å². The third kappa shape index (κ3) is 5.14. The minimum absolute atomic E-state index is 0.654. The zero-order chi connectivity index (χ0) is 40.7. The van der Waals surface area contributed by atoms with Crippen LogP contribution < -0.4 is 0 Å². The molecule has 0 radical (unpaired) electrons. The quantitative estimate of drug-likeness (QED) is 0.174. The third-order valence-electron chi connectivity index (χ3n) is 12.7. The lowest BCUT2D eigenvalue weighted by atomic mass is 9.90. The van der Waals surface area contributed by atoms with Crippen LogP contribution in [0, 0.1) is 0 Å². The maximum absolute atomic E-state index is 5.41. The Morgan fingerprint density at radius 1 is 0.306 bits per heavy atom. The van der Waals surface area contributed by atoms with Gasteiger partial charge in [-0.05, 0) is 80.9 Å². The van der Waals surface area contributed by atoms with Gasteiger partial charge in [-0.1, -0.05) is 176 Å². The molecule has 0 saturated heterocycles. The fourth-order valence-corrected chi connectivity index (χ4v) is 10.00. The molecule has 0 aliphatic carbocycles. The Morgan fingerprint density at radius 2 is 0.823 bits per heavy atom. The fraction of sp³-hybridized carbons (Fsp3) is 0. The molecule has 62 heavy (non-hydrogen) atoms. The summed E-state index contributed by atoms with van der Waals surface area (Å²) in [5.74, 6) is 0.654. The van der Waals surface area contributed by atoms with Crippen LogP contribution in [0.4, 0.5) is 0 Å². The zero-order valence-electron chi connectivity index (χ0n) is 33.6. The van der Waals surface area contributed by atoms with Crippen molar-refractivity contribution in [2.24, 2.45) is 0 Å². The number of benzene rings is 10. The van der Waals surface area contributed by atoms with Gasteiger partial charge in [0.2, 0.25) is 5.95 Å². The van der Waals surface area contributed by atoms with Crippen LogP contribution in [0.5, 0.6) is 0 Å². The molecule has 0 N–H and O–H groups in total. The summed E-state index contributed by atoms with van der Waals surface area (Å²) in [5.41, 5.74) is 13.3. The molecule has 288 valence electrons. The monoisotopic (exact) mass is 788 g/mol. The minimum atomic E-state index is 0.654. The molecule has 0 spiro atoms. The van der Waals surface area contributed by atoms with E-state index in [9.17, 15) is 0 Å². The Morgan fingerprint density at radius 3 is 1.55 bits per heavy atom. The van der Waals surface area contributed by atoms with Crippen LogP contribution >= 0.6 is 0 Å². The number of aromatic nitrogens is 4. The molecule has 3 heterocycles. The summed E-state index contributed by atoms with van der Waals surface area (Å²) in [6, 6.07) is 78.6. The van der Waals surface area contributed by atoms with Gasteiger partial charge in [-0.2, -0.15) is 0 Å². The molecule has 3 aromatic heterocycles. The number of rotatable bonds is 5. The van der Waals surface area contributed by atoms with E-state index in [1.54, 1.807) is 0 Å². The maximum Gasteiger partial charge on any atom is 0.235 e. The number of hydrogen-bond donors (Lipinski definition) is 0. The SMILES string of the molecule is c1ccc(-c2ccc(-n3c4ccccc4c4c5ccccc5c(-c5cc6c7ccccc7n(-c7nc(-c8ccccc8)c8ccccc8n7)c6c6ccccc56)cc43)cc2)cc1. The molecule has 10 aromatic carbocycles. The van der Waals surface area contributed by atoms with Crippen molar-refractivity contribution < 1.29 is 0 Å². The Labute approximate surface area is 357 Å². The van der Waals surface area contributed by atoms with E-state index < -0.39 is 0 Å². The molecule has 0 amide bonds. The predicted molar refractivity (Wildman–Crippen MR) is 260 cm³/mol. The third-order valence-corrected chi connectivity index (χ3v) is 12.7. The fourth-order valence-electron chi connectivity index (χ4n) is 10.00. The van der Waals surface area contributed by atoms with Crippen molar-refractivity contribution in [3.05, 3.63) is 218 Å². The summed E-state index contributed by atoms with van der Waals surface area (Å²) < 4.78 is 4.73. The molecule has 4 heteroatoms. The van der Waals surface area contributed by atoms with E-state index in [0.29, 0.717) is 5.95 Å². The second-order valence-corrected chi connectivity index (χ2v) is 16.1. The van der Waals surface area contributed by atoms with Gasteiger partial charge in [0.25, 0.3) is 0 Å². The first kappa shape index (κ1) is 34.5. The lowest BCUT2D eigenvalue weighted by Crippen LogP contribution is -2.03. The van der Waals surface area contributed by atoms with Crippen LogP contribution in [0.1, 0.15) is 0 Å². The van der Waals surface area contributed by atoms with E-state index in [2.05, 4.69) is 221 Å². The molecule has 0 fully saturated rings. The molecule has 13 rings (SSSR count). The van der Waals surface area contributed by atoms with Gasteiger partial charge in [-0.15, -0.1) is 0 Å². The van der Waals surface area contributed by atoms with E-state index in [4.69, 9.17) is 9.97 Å². The zero-order valence-corrected chi connectivity index (χ0v) is 33.6. The van der Waals surface area contributed by atoms with Gasteiger partial charge in [0.05, 0.1) is 33.3 Å². The molecule has 0 bridgehead atoms. The second kappa shape index (κ2) is 13.6. The van der Waals surface area contributed by atoms with E-state index in [0.717, 1.165) is 55.0 Å². The number of fused-ring (bicyclic) bond motifs is 11. The summed E-state index contributed by atoms with van der Waals surface area (Å²) in [6.07, 6.45) is 0. The lowest BCUT2D eigenvalue weighted by Gasteiger charge is -2.16.